The van der Waals surface area contributed by atoms with Crippen molar-refractivity contribution in [2.24, 2.45) is 5.10 Å². The molecule has 0 aromatic heterocycles. The molecule has 0 saturated heterocycles. The Hall–Kier alpha value is -1.96. The van der Waals surface area contributed by atoms with Crippen molar-refractivity contribution in [2.75, 3.05) is 0 Å². The maximum absolute atomic E-state index is 12.1. The molecular weight excluding hydrogens is 695 g/mol. The van der Waals surface area contributed by atoms with E-state index < -0.39 is 4.92 Å². The number of benzene rings is 3. The monoisotopic (exact) mass is 709 g/mol. The molecule has 0 radical (unpaired) electrons. The lowest BCUT2D eigenvalue weighted by Crippen LogP contribution is -2.19. The number of hydrazone groups is 1. The molecule has 7 nitrogen and oxygen atoms in total. The highest BCUT2D eigenvalue weighted by Crippen LogP contribution is 2.30. The summed E-state index contributed by atoms with van der Waals surface area (Å²) in [6.07, 6.45) is 1.60. The third kappa shape index (κ3) is 7.52. The van der Waals surface area contributed by atoms with Gasteiger partial charge >= 0.3 is 0 Å². The van der Waals surface area contributed by atoms with Gasteiger partial charge in [-0.05, 0) is 80.6 Å². The largest absolute Gasteiger partial charge is 0.487 e. The van der Waals surface area contributed by atoms with Gasteiger partial charge in [-0.25, -0.2) is 5.43 Å². The number of nitro benzene ring substituents is 1. The Morgan fingerprint density at radius 3 is 2.36 bits per heavy atom. The summed E-state index contributed by atoms with van der Waals surface area (Å²) >= 11 is 16.5. The van der Waals surface area contributed by atoms with Gasteiger partial charge in [0, 0.05) is 27.7 Å². The zero-order valence-corrected chi connectivity index (χ0v) is 22.6. The smallest absolute Gasteiger partial charge is 0.269 e. The lowest BCUT2D eigenvalue weighted by atomic mass is 10.1. The molecule has 3 aromatic carbocycles. The van der Waals surface area contributed by atoms with Gasteiger partial charge in [-0.1, -0.05) is 41.4 Å². The first-order valence-electron chi connectivity index (χ1n) is 9.34. The summed E-state index contributed by atoms with van der Waals surface area (Å²) in [6, 6.07) is 14.8. The molecule has 0 aliphatic heterocycles. The molecule has 0 aliphatic carbocycles. The highest BCUT2D eigenvalue weighted by molar-refractivity contribution is 14.1. The van der Waals surface area contributed by atoms with Crippen LogP contribution in [0.25, 0.3) is 0 Å². The Morgan fingerprint density at radius 1 is 1.09 bits per heavy atom. The van der Waals surface area contributed by atoms with Crippen LogP contribution in [0.2, 0.25) is 10.0 Å². The fourth-order valence-electron chi connectivity index (χ4n) is 2.72. The quantitative estimate of drug-likeness (QED) is 0.127. The van der Waals surface area contributed by atoms with Gasteiger partial charge in [0.1, 0.15) is 12.4 Å². The number of nitrogens with one attached hydrogen (secondary N) is 1. The van der Waals surface area contributed by atoms with Crippen molar-refractivity contribution in [1.29, 1.82) is 0 Å². The minimum absolute atomic E-state index is 0.0231. The van der Waals surface area contributed by atoms with Gasteiger partial charge in [-0.2, -0.15) is 5.10 Å². The van der Waals surface area contributed by atoms with E-state index in [-0.39, 0.29) is 18.0 Å². The van der Waals surface area contributed by atoms with Crippen molar-refractivity contribution in [3.05, 3.63) is 98.6 Å². The first-order chi connectivity index (χ1) is 15.7. The number of amides is 1. The van der Waals surface area contributed by atoms with Crippen molar-refractivity contribution in [2.45, 2.75) is 13.0 Å². The van der Waals surface area contributed by atoms with Gasteiger partial charge in [-0.15, -0.1) is 0 Å². The van der Waals surface area contributed by atoms with Crippen LogP contribution in [-0.4, -0.2) is 17.0 Å². The zero-order chi connectivity index (χ0) is 24.0. The molecule has 33 heavy (non-hydrogen) atoms. The predicted octanol–water partition coefficient (Wildman–Crippen LogP) is 6.38. The lowest BCUT2D eigenvalue weighted by Gasteiger charge is -2.12. The molecular formula is C22H15Cl2I2N3O4. The Morgan fingerprint density at radius 2 is 1.76 bits per heavy atom. The molecule has 0 aliphatic rings. The molecule has 170 valence electrons. The third-order valence-corrected chi connectivity index (χ3v) is 6.51. The standard InChI is InChI=1S/C22H15Cl2I2N3O4/c23-16-4-3-15(18(24)10-16)12-33-22-19(25)7-14(8-20(22)26)11-27-28-21(30)9-13-1-5-17(6-2-13)29(31)32/h1-8,10-11H,9,12H2,(H,28,30)/b27-11-. The number of halogens is 4. The summed E-state index contributed by atoms with van der Waals surface area (Å²) in [5.41, 5.74) is 4.71. The Bertz CT molecular complexity index is 1200. The van der Waals surface area contributed by atoms with Crippen molar-refractivity contribution < 1.29 is 14.5 Å². The molecule has 0 saturated carbocycles. The predicted molar refractivity (Wildman–Crippen MR) is 145 cm³/mol. The zero-order valence-electron chi connectivity index (χ0n) is 16.7. The van der Waals surface area contributed by atoms with Crippen LogP contribution in [0, 0.1) is 17.3 Å². The van der Waals surface area contributed by atoms with Gasteiger partial charge in [0.2, 0.25) is 5.91 Å². The number of non-ortho nitro benzene ring substituents is 1. The maximum atomic E-state index is 12.1. The third-order valence-electron chi connectivity index (χ3n) is 4.32. The Kier molecular flexibility index (Phi) is 9.29. The molecule has 1 amide bonds. The van der Waals surface area contributed by atoms with Crippen molar-refractivity contribution in [1.82, 2.24) is 5.43 Å². The second-order valence-corrected chi connectivity index (χ2v) is 9.90. The van der Waals surface area contributed by atoms with E-state index in [1.807, 2.05) is 18.2 Å². The number of carbonyl (C=O) groups excluding carboxylic acids is 1. The van der Waals surface area contributed by atoms with Gasteiger partial charge in [-0.3, -0.25) is 14.9 Å². The number of nitrogens with zero attached hydrogens (tertiary/aromatic N) is 2. The van der Waals surface area contributed by atoms with Crippen LogP contribution in [0.4, 0.5) is 5.69 Å². The van der Waals surface area contributed by atoms with E-state index in [9.17, 15) is 14.9 Å². The van der Waals surface area contributed by atoms with Crippen LogP contribution in [0.15, 0.2) is 59.7 Å². The first kappa shape index (κ1) is 25.7. The number of hydrogen-bond acceptors (Lipinski definition) is 5. The maximum Gasteiger partial charge on any atom is 0.269 e. The van der Waals surface area contributed by atoms with E-state index in [0.717, 1.165) is 24.0 Å². The minimum atomic E-state index is -0.486. The van der Waals surface area contributed by atoms with Crippen molar-refractivity contribution >= 4 is 86.2 Å². The molecule has 0 unspecified atom stereocenters. The van der Waals surface area contributed by atoms with E-state index in [4.69, 9.17) is 27.9 Å². The minimum Gasteiger partial charge on any atom is -0.487 e. The molecule has 3 aromatic rings. The average Bonchev–Trinajstić information content (AvgIpc) is 2.75. The second kappa shape index (κ2) is 12.0. The van der Waals surface area contributed by atoms with Gasteiger partial charge < -0.3 is 4.74 Å². The number of hydrogen-bond donors (Lipinski definition) is 1. The van der Waals surface area contributed by atoms with Gasteiger partial charge in [0.05, 0.1) is 24.7 Å². The normalized spacial score (nSPS) is 10.9. The summed E-state index contributed by atoms with van der Waals surface area (Å²) in [5.74, 6) is 0.394. The summed E-state index contributed by atoms with van der Waals surface area (Å²) in [4.78, 5) is 22.3. The second-order valence-electron chi connectivity index (χ2n) is 6.73. The number of ether oxygens (including phenoxy) is 1. The van der Waals surface area contributed by atoms with Crippen LogP contribution >= 0.6 is 68.4 Å². The molecule has 11 heteroatoms. The van der Waals surface area contributed by atoms with E-state index in [2.05, 4.69) is 55.7 Å². The van der Waals surface area contributed by atoms with Crippen LogP contribution in [-0.2, 0) is 17.8 Å². The highest BCUT2D eigenvalue weighted by Gasteiger charge is 2.11. The van der Waals surface area contributed by atoms with E-state index in [1.54, 1.807) is 24.3 Å². The van der Waals surface area contributed by atoms with Crippen molar-refractivity contribution in [3.63, 3.8) is 0 Å². The number of carbonyl (C=O) groups is 1. The van der Waals surface area contributed by atoms with Crippen molar-refractivity contribution in [3.8, 4) is 5.75 Å². The molecule has 1 N–H and O–H groups in total. The number of rotatable bonds is 8. The van der Waals surface area contributed by atoms with E-state index in [0.29, 0.717) is 22.2 Å². The van der Waals surface area contributed by atoms with Crippen LogP contribution in [0.1, 0.15) is 16.7 Å². The molecule has 0 heterocycles. The lowest BCUT2D eigenvalue weighted by molar-refractivity contribution is -0.384. The molecule has 3 rings (SSSR count). The SMILES string of the molecule is O=C(Cc1ccc([N+](=O)[O-])cc1)N/N=C\c1cc(I)c(OCc2ccc(Cl)cc2Cl)c(I)c1. The Labute approximate surface area is 226 Å². The van der Waals surface area contributed by atoms with E-state index in [1.165, 1.54) is 18.3 Å². The average molecular weight is 710 g/mol. The number of nitro groups is 1. The topological polar surface area (TPSA) is 93.8 Å². The summed E-state index contributed by atoms with van der Waals surface area (Å²) < 4.78 is 7.72. The first-order valence-corrected chi connectivity index (χ1v) is 12.3. The highest BCUT2D eigenvalue weighted by atomic mass is 127. The summed E-state index contributed by atoms with van der Waals surface area (Å²) in [7, 11) is 0. The van der Waals surface area contributed by atoms with Gasteiger partial charge in [0.15, 0.2) is 0 Å². The summed E-state index contributed by atoms with van der Waals surface area (Å²) in [6.45, 7) is 0.300. The molecule has 0 atom stereocenters. The van der Waals surface area contributed by atoms with E-state index >= 15 is 0 Å². The molecule has 0 bridgehead atoms. The molecule has 0 fully saturated rings. The fourth-order valence-corrected chi connectivity index (χ4v) is 5.31. The van der Waals surface area contributed by atoms with Crippen LogP contribution in [0.3, 0.4) is 0 Å². The van der Waals surface area contributed by atoms with Crippen LogP contribution < -0.4 is 10.2 Å². The van der Waals surface area contributed by atoms with Crippen LogP contribution in [0.5, 0.6) is 5.75 Å². The Balaban J connectivity index is 1.58. The molecule has 0 spiro atoms. The fraction of sp³-hybridized carbons (Fsp3) is 0.0909. The summed E-state index contributed by atoms with van der Waals surface area (Å²) in [5, 5.41) is 15.8. The van der Waals surface area contributed by atoms with Gasteiger partial charge in [0.25, 0.3) is 5.69 Å².